The highest BCUT2D eigenvalue weighted by Gasteiger charge is 2.45. The van der Waals surface area contributed by atoms with Crippen LogP contribution in [0.5, 0.6) is 11.5 Å². The predicted molar refractivity (Wildman–Crippen MR) is 136 cm³/mol. The molecule has 0 saturated heterocycles. The van der Waals surface area contributed by atoms with E-state index >= 15 is 0 Å². The lowest BCUT2D eigenvalue weighted by molar-refractivity contribution is -0.117. The summed E-state index contributed by atoms with van der Waals surface area (Å²) >= 11 is 0. The van der Waals surface area contributed by atoms with Gasteiger partial charge in [0.25, 0.3) is 5.91 Å². The van der Waals surface area contributed by atoms with Crippen LogP contribution in [0.2, 0.25) is 0 Å². The largest absolute Gasteiger partial charge is 0.503 e. The maximum atomic E-state index is 13.8. The third-order valence-electron chi connectivity index (χ3n) is 5.98. The highest BCUT2D eigenvalue weighted by atomic mass is 16.5. The van der Waals surface area contributed by atoms with Crippen LogP contribution < -0.4 is 14.4 Å². The first-order valence-electron chi connectivity index (χ1n) is 11.6. The van der Waals surface area contributed by atoms with Gasteiger partial charge < -0.3 is 19.0 Å². The Hall–Kier alpha value is -4.52. The smallest absolute Gasteiger partial charge is 0.294 e. The Morgan fingerprint density at radius 3 is 2.47 bits per heavy atom. The normalized spacial score (nSPS) is 15.7. The molecule has 0 radical (unpaired) electrons. The molecule has 0 fully saturated rings. The molecule has 1 aromatic heterocycles. The summed E-state index contributed by atoms with van der Waals surface area (Å²) in [6.45, 7) is 3.83. The van der Waals surface area contributed by atoms with Crippen LogP contribution in [0, 0.1) is 0 Å². The van der Waals surface area contributed by atoms with Gasteiger partial charge in [-0.3, -0.25) is 14.5 Å². The number of hydrogen-bond donors (Lipinski definition) is 1. The van der Waals surface area contributed by atoms with Gasteiger partial charge >= 0.3 is 0 Å². The van der Waals surface area contributed by atoms with Crippen molar-refractivity contribution in [1.82, 2.24) is 0 Å². The minimum Gasteiger partial charge on any atom is -0.503 e. The molecule has 1 atom stereocenters. The Kier molecular flexibility index (Phi) is 5.98. The fourth-order valence-electron chi connectivity index (χ4n) is 4.44. The van der Waals surface area contributed by atoms with Gasteiger partial charge in [-0.2, -0.15) is 0 Å². The number of furan rings is 1. The summed E-state index contributed by atoms with van der Waals surface area (Å²) in [5, 5.41) is 11.8. The second kappa shape index (κ2) is 9.26. The molecule has 5 rings (SSSR count). The zero-order valence-electron chi connectivity index (χ0n) is 20.1. The molecule has 3 aromatic carbocycles. The number of rotatable bonds is 7. The standard InChI is InChI=1S/C29H25NO6/c1-17(2)35-22-12-6-9-19(14-22)26-25(27(31)24-15-18-8-4-5-13-23(18)36-24)28(32)29(33)30(26)20-10-7-11-21(16-20)34-3/h4-17,26,32H,1-3H3. The van der Waals surface area contributed by atoms with E-state index in [1.165, 1.54) is 12.0 Å². The average molecular weight is 484 g/mol. The van der Waals surface area contributed by atoms with Crippen molar-refractivity contribution >= 4 is 28.3 Å². The van der Waals surface area contributed by atoms with Gasteiger partial charge in [-0.15, -0.1) is 0 Å². The first kappa shape index (κ1) is 23.2. The van der Waals surface area contributed by atoms with Crippen molar-refractivity contribution in [2.45, 2.75) is 26.0 Å². The minimum absolute atomic E-state index is 0.0395. The predicted octanol–water partition coefficient (Wildman–Crippen LogP) is 6.01. The number of para-hydroxylation sites is 1. The van der Waals surface area contributed by atoms with Crippen LogP contribution in [0.25, 0.3) is 11.0 Å². The van der Waals surface area contributed by atoms with Crippen molar-refractivity contribution in [3.63, 3.8) is 0 Å². The summed E-state index contributed by atoms with van der Waals surface area (Å²) in [6.07, 6.45) is -0.0689. The van der Waals surface area contributed by atoms with Crippen molar-refractivity contribution in [3.8, 4) is 11.5 Å². The van der Waals surface area contributed by atoms with Crippen LogP contribution in [-0.2, 0) is 4.79 Å². The lowest BCUT2D eigenvalue weighted by Crippen LogP contribution is -2.31. The molecule has 1 aliphatic rings. The van der Waals surface area contributed by atoms with Crippen LogP contribution in [0.4, 0.5) is 5.69 Å². The molecule has 0 aliphatic carbocycles. The summed E-state index contributed by atoms with van der Waals surface area (Å²) in [6, 6.07) is 22.0. The first-order valence-corrected chi connectivity index (χ1v) is 11.6. The van der Waals surface area contributed by atoms with Crippen molar-refractivity contribution in [2.75, 3.05) is 12.0 Å². The van der Waals surface area contributed by atoms with Crippen molar-refractivity contribution in [1.29, 1.82) is 0 Å². The SMILES string of the molecule is COc1cccc(N2C(=O)C(O)=C(C(=O)c3cc4ccccc4o3)C2c2cccc(OC(C)C)c2)c1. The van der Waals surface area contributed by atoms with Gasteiger partial charge in [0, 0.05) is 17.1 Å². The Balaban J connectivity index is 1.66. The maximum Gasteiger partial charge on any atom is 0.294 e. The van der Waals surface area contributed by atoms with E-state index in [9.17, 15) is 14.7 Å². The quantitative estimate of drug-likeness (QED) is 0.324. The molecule has 0 bridgehead atoms. The van der Waals surface area contributed by atoms with E-state index in [-0.39, 0.29) is 17.4 Å². The number of aliphatic hydroxyl groups is 1. The van der Waals surface area contributed by atoms with Gasteiger partial charge in [0.1, 0.15) is 17.1 Å². The number of fused-ring (bicyclic) bond motifs is 1. The fraction of sp³-hybridized carbons (Fsp3) is 0.172. The Bertz CT molecular complexity index is 1470. The van der Waals surface area contributed by atoms with Gasteiger partial charge in [-0.1, -0.05) is 36.4 Å². The number of amides is 1. The van der Waals surface area contributed by atoms with E-state index in [4.69, 9.17) is 13.9 Å². The third-order valence-corrected chi connectivity index (χ3v) is 5.98. The van der Waals surface area contributed by atoms with Gasteiger partial charge in [-0.25, -0.2) is 0 Å². The van der Waals surface area contributed by atoms with E-state index in [1.807, 2.05) is 32.0 Å². The summed E-state index contributed by atoms with van der Waals surface area (Å²) in [7, 11) is 1.53. The zero-order valence-corrected chi connectivity index (χ0v) is 20.1. The van der Waals surface area contributed by atoms with Gasteiger partial charge in [-0.05, 0) is 55.8 Å². The number of nitrogens with zero attached hydrogens (tertiary/aromatic N) is 1. The number of ketones is 1. The summed E-state index contributed by atoms with van der Waals surface area (Å²) in [5.41, 5.74) is 1.55. The summed E-state index contributed by atoms with van der Waals surface area (Å²) in [4.78, 5) is 28.6. The highest BCUT2D eigenvalue weighted by Crippen LogP contribution is 2.43. The number of carbonyl (C=O) groups excluding carboxylic acids is 2. The number of Topliss-reactive ketones (excluding diaryl/α,β-unsaturated/α-hetero) is 1. The van der Waals surface area contributed by atoms with Gasteiger partial charge in [0.2, 0.25) is 5.78 Å². The number of ether oxygens (including phenoxy) is 2. The van der Waals surface area contributed by atoms with Crippen LogP contribution in [-0.4, -0.2) is 30.0 Å². The molecule has 0 spiro atoms. The first-order chi connectivity index (χ1) is 17.4. The molecule has 36 heavy (non-hydrogen) atoms. The summed E-state index contributed by atoms with van der Waals surface area (Å²) in [5.74, 6) is -0.721. The minimum atomic E-state index is -0.916. The second-order valence-corrected chi connectivity index (χ2v) is 8.76. The van der Waals surface area contributed by atoms with E-state index in [0.717, 1.165) is 5.39 Å². The number of aliphatic hydroxyl groups excluding tert-OH is 1. The number of anilines is 1. The van der Waals surface area contributed by atoms with Crippen LogP contribution >= 0.6 is 0 Å². The number of methoxy groups -OCH3 is 1. The number of benzene rings is 3. The molecule has 0 saturated carbocycles. The maximum absolute atomic E-state index is 13.8. The Labute approximate surface area is 208 Å². The summed E-state index contributed by atoms with van der Waals surface area (Å²) < 4.78 is 17.0. The molecule has 1 aliphatic heterocycles. The van der Waals surface area contributed by atoms with Crippen LogP contribution in [0.15, 0.2) is 94.6 Å². The lowest BCUT2D eigenvalue weighted by Gasteiger charge is -2.27. The van der Waals surface area contributed by atoms with E-state index in [1.54, 1.807) is 60.7 Å². The molecule has 7 nitrogen and oxygen atoms in total. The fourth-order valence-corrected chi connectivity index (χ4v) is 4.44. The van der Waals surface area contributed by atoms with Crippen molar-refractivity contribution in [3.05, 3.63) is 102 Å². The van der Waals surface area contributed by atoms with E-state index in [0.29, 0.717) is 28.3 Å². The molecule has 1 N–H and O–H groups in total. The number of carbonyl (C=O) groups is 2. The second-order valence-electron chi connectivity index (χ2n) is 8.76. The highest BCUT2D eigenvalue weighted by molar-refractivity contribution is 6.20. The monoisotopic (exact) mass is 483 g/mol. The zero-order chi connectivity index (χ0) is 25.4. The van der Waals surface area contributed by atoms with Crippen molar-refractivity contribution in [2.24, 2.45) is 0 Å². The third kappa shape index (κ3) is 4.09. The number of hydrogen-bond acceptors (Lipinski definition) is 6. The Morgan fingerprint density at radius 2 is 1.72 bits per heavy atom. The molecule has 4 aromatic rings. The van der Waals surface area contributed by atoms with Crippen LogP contribution in [0.1, 0.15) is 36.0 Å². The van der Waals surface area contributed by atoms with Gasteiger partial charge in [0.15, 0.2) is 11.5 Å². The molecule has 1 amide bonds. The molecule has 7 heteroatoms. The average Bonchev–Trinajstić information content (AvgIpc) is 3.42. The molecule has 2 heterocycles. The molecular weight excluding hydrogens is 458 g/mol. The lowest BCUT2D eigenvalue weighted by atomic mass is 9.94. The van der Waals surface area contributed by atoms with E-state index < -0.39 is 23.5 Å². The molecular formula is C29H25NO6. The molecule has 182 valence electrons. The van der Waals surface area contributed by atoms with Gasteiger partial charge in [0.05, 0.1) is 24.8 Å². The molecule has 1 unspecified atom stereocenters. The van der Waals surface area contributed by atoms with Crippen molar-refractivity contribution < 1.29 is 28.6 Å². The Morgan fingerprint density at radius 1 is 0.972 bits per heavy atom. The van der Waals surface area contributed by atoms with Crippen LogP contribution in [0.3, 0.4) is 0 Å². The van der Waals surface area contributed by atoms with E-state index in [2.05, 4.69) is 0 Å². The topological polar surface area (TPSA) is 89.2 Å².